The van der Waals surface area contributed by atoms with E-state index in [1.807, 2.05) is 12.1 Å². The van der Waals surface area contributed by atoms with E-state index in [2.05, 4.69) is 10.1 Å². The summed E-state index contributed by atoms with van der Waals surface area (Å²) in [6.45, 7) is 3.58. The van der Waals surface area contributed by atoms with Crippen LogP contribution in [0.15, 0.2) is 24.3 Å². The molecule has 0 amide bonds. The van der Waals surface area contributed by atoms with Gasteiger partial charge in [0.25, 0.3) is 0 Å². The Bertz CT molecular complexity index is 396. The van der Waals surface area contributed by atoms with Crippen LogP contribution in [0.25, 0.3) is 0 Å². The molecule has 1 atom stereocenters. The van der Waals surface area contributed by atoms with Gasteiger partial charge in [-0.25, -0.2) is 4.79 Å². The summed E-state index contributed by atoms with van der Waals surface area (Å²) >= 11 is 0. The molecule has 2 rings (SSSR count). The van der Waals surface area contributed by atoms with Crippen LogP contribution in [-0.2, 0) is 16.1 Å². The Morgan fingerprint density at radius 2 is 2.16 bits per heavy atom. The third kappa shape index (κ3) is 4.33. The molecule has 4 heteroatoms. The van der Waals surface area contributed by atoms with Gasteiger partial charge in [-0.05, 0) is 43.0 Å². The Balaban J connectivity index is 1.75. The van der Waals surface area contributed by atoms with Crippen molar-refractivity contribution in [1.82, 2.24) is 5.32 Å². The third-order valence-electron chi connectivity index (χ3n) is 3.40. The largest absolute Gasteiger partial charge is 0.465 e. The van der Waals surface area contributed by atoms with E-state index >= 15 is 0 Å². The molecule has 1 aromatic carbocycles. The second-order valence-corrected chi connectivity index (χ2v) is 4.92. The van der Waals surface area contributed by atoms with Gasteiger partial charge in [-0.2, -0.15) is 0 Å². The molecule has 1 aromatic rings. The molecule has 1 aliphatic rings. The van der Waals surface area contributed by atoms with E-state index in [-0.39, 0.29) is 5.97 Å². The normalized spacial score (nSPS) is 19.1. The van der Waals surface area contributed by atoms with Crippen LogP contribution in [0.3, 0.4) is 0 Å². The standard InChI is InChI=1S/C15H21NO3/c1-18-15(17)14-6-4-12(5-7-14)10-19-11-13-3-2-8-16-9-13/h4-7,13,16H,2-3,8-11H2,1H3/t13-/m0/s1. The highest BCUT2D eigenvalue weighted by Crippen LogP contribution is 2.12. The molecule has 0 unspecified atom stereocenters. The van der Waals surface area contributed by atoms with Crippen LogP contribution in [0.2, 0.25) is 0 Å². The van der Waals surface area contributed by atoms with Gasteiger partial charge in [-0.3, -0.25) is 0 Å². The van der Waals surface area contributed by atoms with E-state index in [0.29, 0.717) is 18.1 Å². The number of carbonyl (C=O) groups excluding carboxylic acids is 1. The quantitative estimate of drug-likeness (QED) is 0.825. The fourth-order valence-electron chi connectivity index (χ4n) is 2.26. The molecule has 0 aromatic heterocycles. The molecule has 1 N–H and O–H groups in total. The number of ether oxygens (including phenoxy) is 2. The van der Waals surface area contributed by atoms with Gasteiger partial charge in [0.2, 0.25) is 0 Å². The van der Waals surface area contributed by atoms with Crippen LogP contribution in [0, 0.1) is 5.92 Å². The Kier molecular flexibility index (Phi) is 5.36. The van der Waals surface area contributed by atoms with Crippen LogP contribution in [-0.4, -0.2) is 32.8 Å². The summed E-state index contributed by atoms with van der Waals surface area (Å²) in [7, 11) is 1.39. The molecule has 1 aliphatic heterocycles. The van der Waals surface area contributed by atoms with Gasteiger partial charge in [-0.15, -0.1) is 0 Å². The van der Waals surface area contributed by atoms with E-state index in [0.717, 1.165) is 25.3 Å². The van der Waals surface area contributed by atoms with Gasteiger partial charge in [-0.1, -0.05) is 12.1 Å². The summed E-state index contributed by atoms with van der Waals surface area (Å²) in [5.74, 6) is 0.323. The maximum absolute atomic E-state index is 11.3. The summed E-state index contributed by atoms with van der Waals surface area (Å²) in [4.78, 5) is 11.3. The Hall–Kier alpha value is -1.39. The van der Waals surface area contributed by atoms with Crippen molar-refractivity contribution in [3.05, 3.63) is 35.4 Å². The molecular weight excluding hydrogens is 242 g/mol. The highest BCUT2D eigenvalue weighted by molar-refractivity contribution is 5.89. The zero-order chi connectivity index (χ0) is 13.5. The van der Waals surface area contributed by atoms with E-state index < -0.39 is 0 Å². The third-order valence-corrected chi connectivity index (χ3v) is 3.40. The average Bonchev–Trinajstić information content (AvgIpc) is 2.48. The topological polar surface area (TPSA) is 47.6 Å². The van der Waals surface area contributed by atoms with Crippen LogP contribution in [0.5, 0.6) is 0 Å². The fourth-order valence-corrected chi connectivity index (χ4v) is 2.26. The number of piperidine rings is 1. The SMILES string of the molecule is COC(=O)c1ccc(COC[C@H]2CCCNC2)cc1. The van der Waals surface area contributed by atoms with E-state index in [9.17, 15) is 4.79 Å². The molecule has 4 nitrogen and oxygen atoms in total. The summed E-state index contributed by atoms with van der Waals surface area (Å²) in [5, 5.41) is 3.38. The van der Waals surface area contributed by atoms with Crippen molar-refractivity contribution >= 4 is 5.97 Å². The molecule has 0 spiro atoms. The lowest BCUT2D eigenvalue weighted by atomic mass is 10.0. The smallest absolute Gasteiger partial charge is 0.337 e. The minimum atomic E-state index is -0.305. The van der Waals surface area contributed by atoms with Crippen molar-refractivity contribution in [3.63, 3.8) is 0 Å². The van der Waals surface area contributed by atoms with Crippen molar-refractivity contribution in [3.8, 4) is 0 Å². The van der Waals surface area contributed by atoms with E-state index in [1.165, 1.54) is 20.0 Å². The number of benzene rings is 1. The van der Waals surface area contributed by atoms with E-state index in [4.69, 9.17) is 4.74 Å². The van der Waals surface area contributed by atoms with Gasteiger partial charge in [0.05, 0.1) is 25.9 Å². The maximum Gasteiger partial charge on any atom is 0.337 e. The summed E-state index contributed by atoms with van der Waals surface area (Å²) < 4.78 is 10.4. The van der Waals surface area contributed by atoms with Gasteiger partial charge in [0.1, 0.15) is 0 Å². The number of esters is 1. The molecular formula is C15H21NO3. The van der Waals surface area contributed by atoms with Crippen molar-refractivity contribution in [2.75, 3.05) is 26.8 Å². The second-order valence-electron chi connectivity index (χ2n) is 4.92. The number of methoxy groups -OCH3 is 1. The summed E-state index contributed by atoms with van der Waals surface area (Å²) in [6, 6.07) is 7.36. The maximum atomic E-state index is 11.3. The summed E-state index contributed by atoms with van der Waals surface area (Å²) in [5.41, 5.74) is 1.65. The first-order valence-electron chi connectivity index (χ1n) is 6.75. The molecule has 1 fully saturated rings. The molecule has 0 radical (unpaired) electrons. The van der Waals surface area contributed by atoms with Gasteiger partial charge in [0, 0.05) is 6.54 Å². The first-order chi connectivity index (χ1) is 9.29. The van der Waals surface area contributed by atoms with Crippen molar-refractivity contribution in [1.29, 1.82) is 0 Å². The Labute approximate surface area is 114 Å². The first-order valence-corrected chi connectivity index (χ1v) is 6.75. The molecule has 1 saturated heterocycles. The minimum Gasteiger partial charge on any atom is -0.465 e. The van der Waals surface area contributed by atoms with Crippen molar-refractivity contribution in [2.45, 2.75) is 19.4 Å². The molecule has 0 bridgehead atoms. The Morgan fingerprint density at radius 1 is 1.37 bits per heavy atom. The lowest BCUT2D eigenvalue weighted by Gasteiger charge is -2.22. The van der Waals surface area contributed by atoms with Crippen LogP contribution in [0.4, 0.5) is 0 Å². The predicted molar refractivity (Wildman–Crippen MR) is 73.0 cm³/mol. The zero-order valence-corrected chi connectivity index (χ0v) is 11.4. The predicted octanol–water partition coefficient (Wildman–Crippen LogP) is 1.99. The minimum absolute atomic E-state index is 0.305. The van der Waals surface area contributed by atoms with E-state index in [1.54, 1.807) is 12.1 Å². The number of carbonyl (C=O) groups is 1. The van der Waals surface area contributed by atoms with Crippen LogP contribution in [0.1, 0.15) is 28.8 Å². The lowest BCUT2D eigenvalue weighted by molar-refractivity contribution is 0.0600. The first kappa shape index (κ1) is 14.0. The highest BCUT2D eigenvalue weighted by atomic mass is 16.5. The fraction of sp³-hybridized carbons (Fsp3) is 0.533. The number of hydrogen-bond donors (Lipinski definition) is 1. The molecule has 19 heavy (non-hydrogen) atoms. The van der Waals surface area contributed by atoms with Gasteiger partial charge >= 0.3 is 5.97 Å². The van der Waals surface area contributed by atoms with Crippen molar-refractivity contribution in [2.24, 2.45) is 5.92 Å². The second kappa shape index (κ2) is 7.26. The molecule has 0 aliphatic carbocycles. The molecule has 0 saturated carbocycles. The van der Waals surface area contributed by atoms with Crippen LogP contribution < -0.4 is 5.32 Å². The monoisotopic (exact) mass is 263 g/mol. The summed E-state index contributed by atoms with van der Waals surface area (Å²) in [6.07, 6.45) is 2.48. The highest BCUT2D eigenvalue weighted by Gasteiger charge is 2.12. The number of rotatable bonds is 5. The zero-order valence-electron chi connectivity index (χ0n) is 11.4. The molecule has 104 valence electrons. The molecule has 1 heterocycles. The van der Waals surface area contributed by atoms with Crippen molar-refractivity contribution < 1.29 is 14.3 Å². The van der Waals surface area contributed by atoms with Gasteiger partial charge in [0.15, 0.2) is 0 Å². The number of nitrogens with one attached hydrogen (secondary N) is 1. The number of hydrogen-bond acceptors (Lipinski definition) is 4. The Morgan fingerprint density at radius 3 is 2.79 bits per heavy atom. The van der Waals surface area contributed by atoms with Crippen LogP contribution >= 0.6 is 0 Å². The van der Waals surface area contributed by atoms with Gasteiger partial charge < -0.3 is 14.8 Å². The average molecular weight is 263 g/mol. The lowest BCUT2D eigenvalue weighted by Crippen LogP contribution is -2.32.